The minimum absolute atomic E-state index is 0.0139. The van der Waals surface area contributed by atoms with E-state index in [-0.39, 0.29) is 31.2 Å². The van der Waals surface area contributed by atoms with Crippen LogP contribution in [0, 0.1) is 0 Å². The van der Waals surface area contributed by atoms with Crippen LogP contribution in [0.15, 0.2) is 42.5 Å². The lowest BCUT2D eigenvalue weighted by atomic mass is 10.0. The Labute approximate surface area is 187 Å². The molecule has 2 aliphatic rings. The third-order valence-electron chi connectivity index (χ3n) is 5.87. The van der Waals surface area contributed by atoms with Gasteiger partial charge in [-0.05, 0) is 50.2 Å². The van der Waals surface area contributed by atoms with Gasteiger partial charge in [-0.25, -0.2) is 0 Å². The fourth-order valence-electron chi connectivity index (χ4n) is 4.18. The van der Waals surface area contributed by atoms with E-state index >= 15 is 0 Å². The smallest absolute Gasteiger partial charge is 0.251 e. The van der Waals surface area contributed by atoms with E-state index in [1.807, 2.05) is 24.3 Å². The minimum atomic E-state index is -0.337. The summed E-state index contributed by atoms with van der Waals surface area (Å²) in [6.45, 7) is 2.46. The molecule has 2 amide bonds. The van der Waals surface area contributed by atoms with Gasteiger partial charge >= 0.3 is 0 Å². The van der Waals surface area contributed by atoms with E-state index in [1.54, 1.807) is 25.3 Å². The molecule has 0 spiro atoms. The van der Waals surface area contributed by atoms with Crippen LogP contribution in [0.25, 0.3) is 0 Å². The second-order valence-electron chi connectivity index (χ2n) is 7.91. The molecule has 1 atom stereocenters. The molecule has 2 aromatic carbocycles. The zero-order valence-electron chi connectivity index (χ0n) is 18.3. The number of hydrogen-bond acceptors (Lipinski definition) is 6. The highest BCUT2D eigenvalue weighted by atomic mass is 16.7. The van der Waals surface area contributed by atoms with Gasteiger partial charge in [0, 0.05) is 17.7 Å². The molecule has 0 aromatic heterocycles. The molecule has 2 aromatic rings. The van der Waals surface area contributed by atoms with E-state index in [0.717, 1.165) is 37.2 Å². The number of carbonyl (C=O) groups is 2. The van der Waals surface area contributed by atoms with Crippen molar-refractivity contribution in [2.24, 2.45) is 0 Å². The van der Waals surface area contributed by atoms with Gasteiger partial charge in [0.1, 0.15) is 5.75 Å². The quantitative estimate of drug-likeness (QED) is 0.657. The van der Waals surface area contributed by atoms with Gasteiger partial charge in [0.25, 0.3) is 5.91 Å². The average molecular weight is 440 g/mol. The molecule has 4 rings (SSSR count). The Morgan fingerprint density at radius 2 is 1.81 bits per heavy atom. The predicted molar refractivity (Wildman–Crippen MR) is 119 cm³/mol. The number of methoxy groups -OCH3 is 1. The van der Waals surface area contributed by atoms with E-state index in [2.05, 4.69) is 15.5 Å². The number of para-hydroxylation sites is 1. The number of fused-ring (bicyclic) bond motifs is 1. The van der Waals surface area contributed by atoms with Crippen molar-refractivity contribution < 1.29 is 23.8 Å². The molecule has 2 aliphatic heterocycles. The molecular formula is C24H29N3O5. The zero-order valence-corrected chi connectivity index (χ0v) is 18.3. The van der Waals surface area contributed by atoms with E-state index in [0.29, 0.717) is 23.6 Å². The normalized spacial score (nSPS) is 16.3. The van der Waals surface area contributed by atoms with E-state index in [1.165, 1.54) is 6.42 Å². The molecule has 8 nitrogen and oxygen atoms in total. The average Bonchev–Trinajstić information content (AvgIpc) is 3.31. The number of benzene rings is 2. The maximum absolute atomic E-state index is 12.5. The van der Waals surface area contributed by atoms with Crippen molar-refractivity contribution in [3.05, 3.63) is 53.6 Å². The fourth-order valence-corrected chi connectivity index (χ4v) is 4.18. The second-order valence-corrected chi connectivity index (χ2v) is 7.91. The van der Waals surface area contributed by atoms with Crippen LogP contribution in [0.4, 0.5) is 0 Å². The largest absolute Gasteiger partial charge is 0.496 e. The Bertz CT molecular complexity index is 958. The van der Waals surface area contributed by atoms with Gasteiger partial charge in [-0.1, -0.05) is 24.6 Å². The Kier molecular flexibility index (Phi) is 7.11. The summed E-state index contributed by atoms with van der Waals surface area (Å²) in [7, 11) is 1.66. The molecule has 32 heavy (non-hydrogen) atoms. The monoisotopic (exact) mass is 439 g/mol. The molecule has 1 saturated heterocycles. The van der Waals surface area contributed by atoms with Crippen molar-refractivity contribution in [3.63, 3.8) is 0 Å². The number of ether oxygens (including phenoxy) is 3. The molecule has 2 N–H and O–H groups in total. The van der Waals surface area contributed by atoms with Gasteiger partial charge in [0.15, 0.2) is 11.5 Å². The Morgan fingerprint density at radius 3 is 2.62 bits per heavy atom. The van der Waals surface area contributed by atoms with E-state index in [9.17, 15) is 9.59 Å². The highest BCUT2D eigenvalue weighted by Crippen LogP contribution is 2.32. The summed E-state index contributed by atoms with van der Waals surface area (Å²) < 4.78 is 16.1. The minimum Gasteiger partial charge on any atom is -0.496 e. The number of hydrogen-bond donors (Lipinski definition) is 2. The van der Waals surface area contributed by atoms with Gasteiger partial charge in [-0.15, -0.1) is 0 Å². The Morgan fingerprint density at radius 1 is 1.03 bits per heavy atom. The molecule has 0 aliphatic carbocycles. The summed E-state index contributed by atoms with van der Waals surface area (Å²) in [6.07, 6.45) is 3.52. The lowest BCUT2D eigenvalue weighted by Crippen LogP contribution is -2.43. The first-order chi connectivity index (χ1) is 15.7. The van der Waals surface area contributed by atoms with Gasteiger partial charge < -0.3 is 24.8 Å². The number of carbonyl (C=O) groups excluding carboxylic acids is 2. The number of nitrogens with one attached hydrogen (secondary N) is 2. The summed E-state index contributed by atoms with van der Waals surface area (Å²) in [4.78, 5) is 27.3. The van der Waals surface area contributed by atoms with Crippen LogP contribution in [0.3, 0.4) is 0 Å². The molecule has 1 unspecified atom stereocenters. The van der Waals surface area contributed by atoms with Gasteiger partial charge in [-0.2, -0.15) is 0 Å². The van der Waals surface area contributed by atoms with Gasteiger partial charge in [-0.3, -0.25) is 14.5 Å². The van der Waals surface area contributed by atoms with Crippen LogP contribution in [-0.4, -0.2) is 56.8 Å². The Balaban J connectivity index is 1.35. The topological polar surface area (TPSA) is 89.1 Å². The Hall–Kier alpha value is -3.26. The summed E-state index contributed by atoms with van der Waals surface area (Å²) in [5.41, 5.74) is 1.48. The molecule has 1 fully saturated rings. The molecule has 0 bridgehead atoms. The first-order valence-electron chi connectivity index (χ1n) is 11.0. The number of likely N-dealkylation sites (tertiary alicyclic amines) is 1. The van der Waals surface area contributed by atoms with E-state index < -0.39 is 0 Å². The molecule has 0 saturated carbocycles. The third kappa shape index (κ3) is 5.13. The summed E-state index contributed by atoms with van der Waals surface area (Å²) in [5, 5.41) is 5.65. The summed E-state index contributed by atoms with van der Waals surface area (Å²) in [6, 6.07) is 12.9. The molecular weight excluding hydrogens is 410 g/mol. The lowest BCUT2D eigenvalue weighted by molar-refractivity contribution is -0.120. The molecule has 0 radical (unpaired) electrons. The molecule has 2 heterocycles. The number of amides is 2. The first-order valence-corrected chi connectivity index (χ1v) is 11.0. The maximum Gasteiger partial charge on any atom is 0.251 e. The van der Waals surface area contributed by atoms with Crippen LogP contribution in [0.5, 0.6) is 17.2 Å². The summed E-state index contributed by atoms with van der Waals surface area (Å²) >= 11 is 0. The van der Waals surface area contributed by atoms with Crippen LogP contribution in [-0.2, 0) is 4.79 Å². The van der Waals surface area contributed by atoms with Crippen molar-refractivity contribution in [1.29, 1.82) is 0 Å². The zero-order chi connectivity index (χ0) is 22.3. The highest BCUT2D eigenvalue weighted by Gasteiger charge is 2.25. The van der Waals surface area contributed by atoms with E-state index in [4.69, 9.17) is 14.2 Å². The SMILES string of the molecule is COc1ccccc1C(CNC(=O)CNC(=O)c1ccc2c(c1)OCO2)N1CCCCC1. The predicted octanol–water partition coefficient (Wildman–Crippen LogP) is 2.50. The van der Waals surface area contributed by atoms with Crippen molar-refractivity contribution in [3.8, 4) is 17.2 Å². The molecule has 170 valence electrons. The lowest BCUT2D eigenvalue weighted by Gasteiger charge is -2.35. The van der Waals surface area contributed by atoms with Crippen molar-refractivity contribution in [2.75, 3.05) is 40.1 Å². The fraction of sp³-hybridized carbons (Fsp3) is 0.417. The number of rotatable bonds is 8. The van der Waals surface area contributed by atoms with Crippen LogP contribution in [0.2, 0.25) is 0 Å². The van der Waals surface area contributed by atoms with Crippen molar-refractivity contribution in [2.45, 2.75) is 25.3 Å². The number of piperidine rings is 1. The number of nitrogens with zero attached hydrogens (tertiary/aromatic N) is 1. The standard InChI is InChI=1S/C24H29N3O5/c1-30-20-8-4-3-7-18(20)19(27-11-5-2-6-12-27)14-25-23(28)15-26-24(29)17-9-10-21-22(13-17)32-16-31-21/h3-4,7-10,13,19H,2,5-6,11-12,14-16H2,1H3,(H,25,28)(H,26,29). The van der Waals surface area contributed by atoms with Crippen LogP contribution in [0.1, 0.15) is 41.2 Å². The van der Waals surface area contributed by atoms with Crippen LogP contribution >= 0.6 is 0 Å². The molecule has 8 heteroatoms. The highest BCUT2D eigenvalue weighted by molar-refractivity contribution is 5.97. The first kappa shape index (κ1) is 22.0. The maximum atomic E-state index is 12.5. The van der Waals surface area contributed by atoms with Crippen molar-refractivity contribution in [1.82, 2.24) is 15.5 Å². The van der Waals surface area contributed by atoms with Crippen molar-refractivity contribution >= 4 is 11.8 Å². The van der Waals surface area contributed by atoms with Gasteiger partial charge in [0.05, 0.1) is 19.7 Å². The van der Waals surface area contributed by atoms with Crippen LogP contribution < -0.4 is 24.8 Å². The third-order valence-corrected chi connectivity index (χ3v) is 5.87. The summed E-state index contributed by atoms with van der Waals surface area (Å²) in [5.74, 6) is 1.38. The van der Waals surface area contributed by atoms with Gasteiger partial charge in [0.2, 0.25) is 12.7 Å². The second kappa shape index (κ2) is 10.4.